The third kappa shape index (κ3) is 2.97. The average Bonchev–Trinajstić information content (AvgIpc) is 3.08. The molecular weight excluding hydrogens is 302 g/mol. The maximum atomic E-state index is 13.0. The molecule has 2 heterocycles. The van der Waals surface area contributed by atoms with Crippen LogP contribution in [0.15, 0.2) is 49.1 Å². The third-order valence-corrected chi connectivity index (χ3v) is 3.83. The SMILES string of the molecule is CC(C)N(Cc1ccc(C#N)cc1)C(=O)c1nccn2ccnc12. The van der Waals surface area contributed by atoms with Gasteiger partial charge >= 0.3 is 0 Å². The number of nitriles is 1. The highest BCUT2D eigenvalue weighted by Crippen LogP contribution is 2.15. The first-order chi connectivity index (χ1) is 11.6. The number of hydrogen-bond donors (Lipinski definition) is 0. The lowest BCUT2D eigenvalue weighted by Gasteiger charge is -2.26. The van der Waals surface area contributed by atoms with Gasteiger partial charge in [0.15, 0.2) is 11.3 Å². The third-order valence-electron chi connectivity index (χ3n) is 3.83. The van der Waals surface area contributed by atoms with Crippen LogP contribution in [0.2, 0.25) is 0 Å². The van der Waals surface area contributed by atoms with Crippen LogP contribution in [-0.2, 0) is 6.54 Å². The van der Waals surface area contributed by atoms with Gasteiger partial charge in [0.1, 0.15) is 0 Å². The first-order valence-electron chi connectivity index (χ1n) is 7.68. The number of carbonyl (C=O) groups is 1. The van der Waals surface area contributed by atoms with Crippen LogP contribution in [0, 0.1) is 11.3 Å². The van der Waals surface area contributed by atoms with Crippen LogP contribution < -0.4 is 0 Å². The lowest BCUT2D eigenvalue weighted by molar-refractivity contribution is 0.0686. The summed E-state index contributed by atoms with van der Waals surface area (Å²) in [7, 11) is 0. The second kappa shape index (κ2) is 6.50. The Morgan fingerprint density at radius 3 is 2.50 bits per heavy atom. The maximum absolute atomic E-state index is 13.0. The topological polar surface area (TPSA) is 74.3 Å². The van der Waals surface area contributed by atoms with E-state index in [2.05, 4.69) is 16.0 Å². The van der Waals surface area contributed by atoms with Gasteiger partial charge in [0.05, 0.1) is 11.6 Å². The molecule has 3 aromatic rings. The normalized spacial score (nSPS) is 10.8. The molecule has 0 bridgehead atoms. The fraction of sp³-hybridized carbons (Fsp3) is 0.222. The summed E-state index contributed by atoms with van der Waals surface area (Å²) in [6.07, 6.45) is 6.80. The average molecular weight is 319 g/mol. The molecule has 0 aliphatic heterocycles. The van der Waals surface area contributed by atoms with Crippen molar-refractivity contribution in [2.24, 2.45) is 0 Å². The summed E-state index contributed by atoms with van der Waals surface area (Å²) in [6, 6.07) is 9.34. The van der Waals surface area contributed by atoms with Crippen molar-refractivity contribution in [3.63, 3.8) is 0 Å². The van der Waals surface area contributed by atoms with Crippen molar-refractivity contribution >= 4 is 11.6 Å². The molecule has 120 valence electrons. The van der Waals surface area contributed by atoms with E-state index < -0.39 is 0 Å². The lowest BCUT2D eigenvalue weighted by atomic mass is 10.1. The van der Waals surface area contributed by atoms with Crippen molar-refractivity contribution in [2.75, 3.05) is 0 Å². The molecule has 1 amide bonds. The molecule has 0 atom stereocenters. The van der Waals surface area contributed by atoms with Crippen LogP contribution in [0.3, 0.4) is 0 Å². The summed E-state index contributed by atoms with van der Waals surface area (Å²) in [4.78, 5) is 23.2. The highest BCUT2D eigenvalue weighted by molar-refractivity contribution is 5.97. The lowest BCUT2D eigenvalue weighted by Crippen LogP contribution is -2.37. The number of carbonyl (C=O) groups excluding carboxylic acids is 1. The molecule has 1 aromatic carbocycles. The van der Waals surface area contributed by atoms with Crippen molar-refractivity contribution in [1.82, 2.24) is 19.3 Å². The first-order valence-corrected chi connectivity index (χ1v) is 7.68. The largest absolute Gasteiger partial charge is 0.330 e. The van der Waals surface area contributed by atoms with Gasteiger partial charge < -0.3 is 9.30 Å². The standard InChI is InChI=1S/C18H17N5O/c1-13(2)23(12-15-5-3-14(11-19)4-6-15)18(24)16-17-21-8-10-22(17)9-7-20-16/h3-10,13H,12H2,1-2H3. The Kier molecular flexibility index (Phi) is 4.25. The van der Waals surface area contributed by atoms with Gasteiger partial charge in [0, 0.05) is 37.4 Å². The number of fused-ring (bicyclic) bond motifs is 1. The minimum absolute atomic E-state index is 0.00478. The van der Waals surface area contributed by atoms with Crippen molar-refractivity contribution < 1.29 is 4.79 Å². The zero-order valence-electron chi connectivity index (χ0n) is 13.5. The van der Waals surface area contributed by atoms with E-state index in [1.54, 1.807) is 46.2 Å². The molecule has 0 saturated carbocycles. The van der Waals surface area contributed by atoms with E-state index >= 15 is 0 Å². The Hall–Kier alpha value is -3.20. The van der Waals surface area contributed by atoms with E-state index in [4.69, 9.17) is 5.26 Å². The van der Waals surface area contributed by atoms with Crippen molar-refractivity contribution in [3.8, 4) is 6.07 Å². The number of rotatable bonds is 4. The molecule has 6 heteroatoms. The van der Waals surface area contributed by atoms with Crippen molar-refractivity contribution in [3.05, 3.63) is 65.9 Å². The smallest absolute Gasteiger partial charge is 0.276 e. The van der Waals surface area contributed by atoms with Crippen LogP contribution in [-0.4, -0.2) is 31.2 Å². The monoisotopic (exact) mass is 319 g/mol. The molecule has 0 fully saturated rings. The van der Waals surface area contributed by atoms with Gasteiger partial charge in [0.2, 0.25) is 0 Å². The molecule has 0 saturated heterocycles. The molecule has 0 unspecified atom stereocenters. The number of amides is 1. The van der Waals surface area contributed by atoms with E-state index in [0.717, 1.165) is 5.56 Å². The number of nitrogens with zero attached hydrogens (tertiary/aromatic N) is 5. The first kappa shape index (κ1) is 15.7. The van der Waals surface area contributed by atoms with E-state index in [-0.39, 0.29) is 11.9 Å². The van der Waals surface area contributed by atoms with E-state index in [1.807, 2.05) is 26.0 Å². The summed E-state index contributed by atoms with van der Waals surface area (Å²) < 4.78 is 1.78. The second-order valence-corrected chi connectivity index (χ2v) is 5.77. The van der Waals surface area contributed by atoms with Crippen LogP contribution in [0.25, 0.3) is 5.65 Å². The van der Waals surface area contributed by atoms with E-state index in [1.165, 1.54) is 0 Å². The van der Waals surface area contributed by atoms with Gasteiger partial charge in [-0.25, -0.2) is 9.97 Å². The number of aromatic nitrogens is 3. The number of benzene rings is 1. The van der Waals surface area contributed by atoms with Crippen LogP contribution >= 0.6 is 0 Å². The fourth-order valence-electron chi connectivity index (χ4n) is 2.51. The van der Waals surface area contributed by atoms with Crippen LogP contribution in [0.4, 0.5) is 0 Å². The van der Waals surface area contributed by atoms with Crippen LogP contribution in [0.5, 0.6) is 0 Å². The fourth-order valence-corrected chi connectivity index (χ4v) is 2.51. The van der Waals surface area contributed by atoms with Gasteiger partial charge in [-0.15, -0.1) is 0 Å². The highest BCUT2D eigenvalue weighted by Gasteiger charge is 2.23. The highest BCUT2D eigenvalue weighted by atomic mass is 16.2. The minimum atomic E-state index is -0.161. The molecule has 6 nitrogen and oxygen atoms in total. The van der Waals surface area contributed by atoms with Crippen molar-refractivity contribution in [1.29, 1.82) is 5.26 Å². The quantitative estimate of drug-likeness (QED) is 0.741. The Morgan fingerprint density at radius 2 is 1.88 bits per heavy atom. The molecule has 0 radical (unpaired) electrons. The zero-order valence-corrected chi connectivity index (χ0v) is 13.5. The van der Waals surface area contributed by atoms with Gasteiger partial charge in [-0.2, -0.15) is 5.26 Å². The molecule has 3 rings (SSSR count). The van der Waals surface area contributed by atoms with E-state index in [9.17, 15) is 4.79 Å². The van der Waals surface area contributed by atoms with Crippen LogP contribution in [0.1, 0.15) is 35.5 Å². The Labute approximate surface area is 140 Å². The van der Waals surface area contributed by atoms with Gasteiger partial charge in [0.25, 0.3) is 5.91 Å². The summed E-state index contributed by atoms with van der Waals surface area (Å²) in [6.45, 7) is 4.38. The molecular formula is C18H17N5O. The maximum Gasteiger partial charge on any atom is 0.276 e. The molecule has 0 N–H and O–H groups in total. The summed E-state index contributed by atoms with van der Waals surface area (Å²) in [5.74, 6) is -0.161. The minimum Gasteiger partial charge on any atom is -0.330 e. The second-order valence-electron chi connectivity index (χ2n) is 5.77. The zero-order chi connectivity index (χ0) is 17.1. The summed E-state index contributed by atoms with van der Waals surface area (Å²) >= 11 is 0. The van der Waals surface area contributed by atoms with Gasteiger partial charge in [-0.3, -0.25) is 4.79 Å². The predicted octanol–water partition coefficient (Wildman–Crippen LogP) is 2.65. The van der Waals surface area contributed by atoms with Gasteiger partial charge in [-0.1, -0.05) is 12.1 Å². The Bertz CT molecular complexity index is 905. The Morgan fingerprint density at radius 1 is 1.21 bits per heavy atom. The van der Waals surface area contributed by atoms with Gasteiger partial charge in [-0.05, 0) is 31.5 Å². The summed E-state index contributed by atoms with van der Waals surface area (Å²) in [5, 5.41) is 8.88. The number of imidazole rings is 1. The van der Waals surface area contributed by atoms with E-state index in [0.29, 0.717) is 23.4 Å². The molecule has 24 heavy (non-hydrogen) atoms. The van der Waals surface area contributed by atoms with Crippen molar-refractivity contribution in [2.45, 2.75) is 26.4 Å². The number of hydrogen-bond acceptors (Lipinski definition) is 4. The molecule has 0 spiro atoms. The molecule has 0 aliphatic carbocycles. The summed E-state index contributed by atoms with van der Waals surface area (Å²) in [5.41, 5.74) is 2.45. The Balaban J connectivity index is 1.91. The predicted molar refractivity (Wildman–Crippen MR) is 89.2 cm³/mol. The molecule has 2 aromatic heterocycles. The molecule has 0 aliphatic rings.